The van der Waals surface area contributed by atoms with Gasteiger partial charge >= 0.3 is 20.4 Å². The number of hydrogen-bond acceptors (Lipinski definition) is 0. The molecule has 0 aliphatic carbocycles. The summed E-state index contributed by atoms with van der Waals surface area (Å²) in [6, 6.07) is 18.0. The zero-order chi connectivity index (χ0) is 78.5. The molecule has 0 bridgehead atoms. The van der Waals surface area contributed by atoms with E-state index in [-0.39, 0.29) is 20.4 Å². The normalized spacial score (nSPS) is 12.2. The summed E-state index contributed by atoms with van der Waals surface area (Å²) in [5, 5.41) is 0. The van der Waals surface area contributed by atoms with E-state index in [2.05, 4.69) is 116 Å². The SMILES string of the molecule is CCCCCCCCCCCCCCCCCCCCCCC=CC1=C(c2cccc(CCCC)c2)[N+](=[N-])C(c2ccc(CCCCC)cc2)=C1CCCC.[CH2-]CCCCCCCCCCCCCCCCCCCCCCCCCC.[CH2-]CCCCCCCCCCCCCCCCCCCCCCCCCC.[Pd+2]. The van der Waals surface area contributed by atoms with Crippen molar-refractivity contribution < 1.29 is 25.1 Å². The Labute approximate surface area is 706 Å². The number of aryl methyl sites for hydroxylation is 2. The Kier molecular flexibility index (Phi) is 87.6. The average Bonchev–Trinajstić information content (AvgIpc) is 1.61. The van der Waals surface area contributed by atoms with Crippen LogP contribution in [0.4, 0.5) is 0 Å². The van der Waals surface area contributed by atoms with Crippen molar-refractivity contribution in [1.29, 1.82) is 0 Å². The minimum atomic E-state index is 0. The fraction of sp³-hybridized carbons (Fsp3) is 0.813. The van der Waals surface area contributed by atoms with E-state index in [4.69, 9.17) is 0 Å². The zero-order valence-electron chi connectivity index (χ0n) is 75.7. The van der Waals surface area contributed by atoms with Gasteiger partial charge in [0.1, 0.15) is 0 Å². The Morgan fingerprint density at radius 1 is 0.255 bits per heavy atom. The average molecular weight is 1620 g/mol. The summed E-state index contributed by atoms with van der Waals surface area (Å²) >= 11 is 0. The first-order valence-electron chi connectivity index (χ1n) is 50.4. The third-order valence-corrected chi connectivity index (χ3v) is 24.1. The molecule has 0 amide bonds. The number of unbranched alkanes of at least 4 members (excludes halogenated alkanes) is 72. The van der Waals surface area contributed by atoms with Gasteiger partial charge in [-0.15, -0.1) is 0 Å². The fourth-order valence-corrected chi connectivity index (χ4v) is 16.6. The first-order chi connectivity index (χ1) is 54.0. The molecule has 1 aliphatic heterocycles. The Balaban J connectivity index is 0.00000181. The minimum absolute atomic E-state index is 0. The van der Waals surface area contributed by atoms with Crippen LogP contribution in [0.3, 0.4) is 0 Å². The molecule has 0 aromatic heterocycles. The van der Waals surface area contributed by atoms with E-state index in [1.807, 2.05) is 0 Å². The van der Waals surface area contributed by atoms with Gasteiger partial charge in [0.25, 0.3) is 0 Å². The summed E-state index contributed by atoms with van der Waals surface area (Å²) < 4.78 is 1.54. The van der Waals surface area contributed by atoms with Crippen LogP contribution in [0.1, 0.15) is 571 Å². The van der Waals surface area contributed by atoms with Gasteiger partial charge in [-0.1, -0.05) is 534 Å². The molecule has 110 heavy (non-hydrogen) atoms. The molecule has 0 N–H and O–H groups in total. The van der Waals surface area contributed by atoms with Crippen LogP contribution in [0, 0.1) is 13.8 Å². The van der Waals surface area contributed by atoms with Crippen molar-refractivity contribution in [3.05, 3.63) is 113 Å². The van der Waals surface area contributed by atoms with Gasteiger partial charge in [0.05, 0.1) is 5.57 Å². The molecule has 3 rings (SSSR count). The van der Waals surface area contributed by atoms with Gasteiger partial charge in [0.15, 0.2) is 0 Å². The van der Waals surface area contributed by atoms with Crippen molar-refractivity contribution in [2.24, 2.45) is 0 Å². The van der Waals surface area contributed by atoms with Gasteiger partial charge in [0, 0.05) is 16.7 Å². The monoisotopic (exact) mass is 1610 g/mol. The van der Waals surface area contributed by atoms with Gasteiger partial charge in [-0.3, -0.25) is 0 Å². The molecule has 1 heterocycles. The van der Waals surface area contributed by atoms with Crippen LogP contribution in [0.2, 0.25) is 0 Å². The second-order valence-electron chi connectivity index (χ2n) is 34.8. The topological polar surface area (TPSA) is 25.3 Å². The van der Waals surface area contributed by atoms with Crippen LogP contribution >= 0.6 is 0 Å². The number of allylic oxidation sites excluding steroid dienone is 4. The van der Waals surface area contributed by atoms with Crippen LogP contribution in [-0.2, 0) is 33.3 Å². The van der Waals surface area contributed by atoms with Gasteiger partial charge in [-0.2, -0.15) is 12.8 Å². The summed E-state index contributed by atoms with van der Waals surface area (Å²) in [4.78, 5) is 0. The van der Waals surface area contributed by atoms with Crippen LogP contribution < -0.4 is 0 Å². The van der Waals surface area contributed by atoms with E-state index in [1.54, 1.807) is 0 Å². The van der Waals surface area contributed by atoms with Gasteiger partial charge in [-0.05, 0) is 86.8 Å². The van der Waals surface area contributed by atoms with Crippen molar-refractivity contribution >= 4 is 11.4 Å². The predicted octanol–water partition coefficient (Wildman–Crippen LogP) is 39.1. The Morgan fingerprint density at radius 3 is 0.800 bits per heavy atom. The molecule has 1 aliphatic rings. The summed E-state index contributed by atoms with van der Waals surface area (Å²) in [5.41, 5.74) is 21.5. The van der Waals surface area contributed by atoms with Gasteiger partial charge in [0.2, 0.25) is 11.4 Å². The maximum absolute atomic E-state index is 12.1. The molecular formula is C107H194N2Pd. The maximum atomic E-state index is 12.1. The van der Waals surface area contributed by atoms with E-state index in [0.29, 0.717) is 0 Å². The van der Waals surface area contributed by atoms with Crippen LogP contribution in [0.15, 0.2) is 71.8 Å². The summed E-state index contributed by atoms with van der Waals surface area (Å²) in [7, 11) is 0. The Morgan fingerprint density at radius 2 is 0.509 bits per heavy atom. The number of rotatable bonds is 82. The summed E-state index contributed by atoms with van der Waals surface area (Å²) in [6.07, 6.45) is 118. The molecule has 0 unspecified atom stereocenters. The standard InChI is InChI=1S/C53H84N2.2C27H55.Pd/c1-5-9-13-14-15-16-17-18-19-20-21-22-23-24-25-26-27-28-29-30-31-33-40-51-50(39-12-8-4)52(48-43-41-46(42-44-48)36-32-10-6-2)55(54)53(51)49-38-34-37-47(45-49)35-11-7-3;2*1-3-5-7-9-11-13-15-17-19-21-23-25-27-26-24-22-20-18-16-14-12-10-8-6-4-2;/h33-34,37-38,40-45H,5-32,35-36,39H2,1-4H3;2*1,3-27H2,2H3;/q;2*-1;+2. The first-order valence-corrected chi connectivity index (χ1v) is 50.4. The fourth-order valence-electron chi connectivity index (χ4n) is 16.6. The van der Waals surface area contributed by atoms with Gasteiger partial charge in [-0.25, -0.2) is 4.70 Å². The quantitative estimate of drug-likeness (QED) is 0.0273. The van der Waals surface area contributed by atoms with E-state index >= 15 is 0 Å². The van der Waals surface area contributed by atoms with Crippen LogP contribution in [0.25, 0.3) is 16.9 Å². The largest absolute Gasteiger partial charge is 2.00 e. The van der Waals surface area contributed by atoms with Crippen molar-refractivity contribution in [1.82, 2.24) is 0 Å². The van der Waals surface area contributed by atoms with Crippen molar-refractivity contribution in [3.63, 3.8) is 0 Å². The van der Waals surface area contributed by atoms with Crippen LogP contribution in [-0.4, -0.2) is 4.70 Å². The summed E-state index contributed by atoms with van der Waals surface area (Å²) in [6.45, 7) is 21.5. The molecule has 2 aromatic carbocycles. The van der Waals surface area contributed by atoms with E-state index in [1.165, 1.54) is 496 Å². The first kappa shape index (κ1) is 108. The summed E-state index contributed by atoms with van der Waals surface area (Å²) in [5.74, 6) is 0. The molecule has 0 fully saturated rings. The number of benzene rings is 2. The molecule has 642 valence electrons. The third-order valence-electron chi connectivity index (χ3n) is 24.1. The zero-order valence-corrected chi connectivity index (χ0v) is 77.2. The molecule has 3 heteroatoms. The molecule has 0 radical (unpaired) electrons. The number of nitrogens with zero attached hydrogens (tertiary/aromatic N) is 2. The second-order valence-corrected chi connectivity index (χ2v) is 34.8. The minimum Gasteiger partial charge on any atom is -0.493 e. The van der Waals surface area contributed by atoms with E-state index in [9.17, 15) is 5.53 Å². The van der Waals surface area contributed by atoms with Gasteiger partial charge < -0.3 is 19.4 Å². The Bertz CT molecular complexity index is 2150. The predicted molar refractivity (Wildman–Crippen MR) is 496 cm³/mol. The molecule has 2 aromatic rings. The molecular weight excluding hydrogens is 1420 g/mol. The third kappa shape index (κ3) is 68.0. The molecule has 2 nitrogen and oxygen atoms in total. The van der Waals surface area contributed by atoms with E-state index < -0.39 is 0 Å². The van der Waals surface area contributed by atoms with Crippen molar-refractivity contribution in [3.8, 4) is 0 Å². The second kappa shape index (κ2) is 89.3. The Hall–Kier alpha value is -2.08. The molecule has 0 saturated carbocycles. The maximum Gasteiger partial charge on any atom is 2.00 e. The number of hydrogen-bond donors (Lipinski definition) is 0. The smallest absolute Gasteiger partial charge is 0.493 e. The molecule has 0 saturated heterocycles. The molecule has 0 atom stereocenters. The van der Waals surface area contributed by atoms with Crippen molar-refractivity contribution in [2.75, 3.05) is 0 Å². The van der Waals surface area contributed by atoms with Crippen molar-refractivity contribution in [2.45, 2.75) is 562 Å². The van der Waals surface area contributed by atoms with E-state index in [0.717, 1.165) is 73.9 Å². The molecule has 0 spiro atoms. The van der Waals surface area contributed by atoms with Crippen LogP contribution in [0.5, 0.6) is 0 Å².